The minimum Gasteiger partial charge on any atom is -0.357 e. The number of aromatic amines is 1. The normalized spacial score (nSPS) is 19.8. The van der Waals surface area contributed by atoms with Gasteiger partial charge < -0.3 is 10.7 Å². The van der Waals surface area contributed by atoms with Crippen molar-refractivity contribution in [2.75, 3.05) is 0 Å². The zero-order valence-corrected chi connectivity index (χ0v) is 9.36. The monoisotopic (exact) mass is 220 g/mol. The smallest absolute Gasteiger partial charge is 0.0676 e. The van der Waals surface area contributed by atoms with Crippen molar-refractivity contribution in [3.63, 3.8) is 0 Å². The first kappa shape index (κ1) is 9.25. The maximum atomic E-state index is 6.27. The predicted molar refractivity (Wildman–Crippen MR) is 63.3 cm³/mol. The van der Waals surface area contributed by atoms with Crippen molar-refractivity contribution >= 4 is 22.5 Å². The van der Waals surface area contributed by atoms with Crippen LogP contribution in [0.5, 0.6) is 0 Å². The molecule has 2 aromatic rings. The summed E-state index contributed by atoms with van der Waals surface area (Å²) in [7, 11) is 0. The minimum absolute atomic E-state index is 0.174. The fourth-order valence-electron chi connectivity index (χ4n) is 2.47. The average molecular weight is 221 g/mol. The van der Waals surface area contributed by atoms with Gasteiger partial charge in [-0.1, -0.05) is 23.7 Å². The molecule has 0 spiro atoms. The summed E-state index contributed by atoms with van der Waals surface area (Å²) in [5, 5.41) is 2.03. The van der Waals surface area contributed by atoms with Gasteiger partial charge in [-0.15, -0.1) is 0 Å². The van der Waals surface area contributed by atoms with E-state index in [0.29, 0.717) is 0 Å². The van der Waals surface area contributed by atoms with Gasteiger partial charge in [0.25, 0.3) is 0 Å². The highest BCUT2D eigenvalue weighted by Crippen LogP contribution is 2.38. The summed E-state index contributed by atoms with van der Waals surface area (Å²) in [6.45, 7) is 2.02. The van der Waals surface area contributed by atoms with Crippen LogP contribution in [0.1, 0.15) is 29.3 Å². The molecular formula is C12H13ClN2. The number of H-pyrrole nitrogens is 1. The second kappa shape index (κ2) is 3.00. The zero-order valence-electron chi connectivity index (χ0n) is 8.60. The number of fused-ring (bicyclic) bond motifs is 3. The van der Waals surface area contributed by atoms with Gasteiger partial charge in [0, 0.05) is 17.1 Å². The summed E-state index contributed by atoms with van der Waals surface area (Å²) < 4.78 is 0. The molecule has 1 atom stereocenters. The van der Waals surface area contributed by atoms with E-state index in [1.165, 1.54) is 16.6 Å². The second-order valence-electron chi connectivity index (χ2n) is 4.28. The molecule has 3 rings (SSSR count). The van der Waals surface area contributed by atoms with E-state index in [1.807, 2.05) is 6.92 Å². The lowest BCUT2D eigenvalue weighted by Crippen LogP contribution is -2.04. The second-order valence-corrected chi connectivity index (χ2v) is 4.66. The SMILES string of the molecule is Cc1ccc2c3c([nH]c2c1Cl)CCC3N. The maximum Gasteiger partial charge on any atom is 0.0676 e. The van der Waals surface area contributed by atoms with Gasteiger partial charge in [-0.05, 0) is 30.9 Å². The molecule has 1 heterocycles. The van der Waals surface area contributed by atoms with Gasteiger partial charge in [0.2, 0.25) is 0 Å². The molecular weight excluding hydrogens is 208 g/mol. The molecule has 1 aliphatic rings. The number of nitrogens with one attached hydrogen (secondary N) is 1. The third-order valence-electron chi connectivity index (χ3n) is 3.30. The maximum absolute atomic E-state index is 6.27. The first-order chi connectivity index (χ1) is 7.18. The summed E-state index contributed by atoms with van der Waals surface area (Å²) >= 11 is 6.27. The van der Waals surface area contributed by atoms with Gasteiger partial charge >= 0.3 is 0 Å². The van der Waals surface area contributed by atoms with E-state index >= 15 is 0 Å². The van der Waals surface area contributed by atoms with Crippen LogP contribution in [-0.4, -0.2) is 4.98 Å². The van der Waals surface area contributed by atoms with Gasteiger partial charge in [0.15, 0.2) is 0 Å². The topological polar surface area (TPSA) is 41.8 Å². The van der Waals surface area contributed by atoms with Crippen LogP contribution in [-0.2, 0) is 6.42 Å². The summed E-state index contributed by atoms with van der Waals surface area (Å²) in [5.74, 6) is 0. The first-order valence-corrected chi connectivity index (χ1v) is 5.61. The average Bonchev–Trinajstić information content (AvgIpc) is 2.74. The number of hydrogen-bond acceptors (Lipinski definition) is 1. The van der Waals surface area contributed by atoms with E-state index in [4.69, 9.17) is 17.3 Å². The van der Waals surface area contributed by atoms with Crippen LogP contribution >= 0.6 is 11.6 Å². The van der Waals surface area contributed by atoms with E-state index in [-0.39, 0.29) is 6.04 Å². The molecule has 0 fully saturated rings. The number of rotatable bonds is 0. The van der Waals surface area contributed by atoms with Gasteiger partial charge in [-0.25, -0.2) is 0 Å². The Bertz CT molecular complexity index is 542. The highest BCUT2D eigenvalue weighted by molar-refractivity contribution is 6.36. The number of halogens is 1. The molecule has 0 saturated heterocycles. The highest BCUT2D eigenvalue weighted by atomic mass is 35.5. The van der Waals surface area contributed by atoms with E-state index in [0.717, 1.165) is 28.9 Å². The lowest BCUT2D eigenvalue weighted by Gasteiger charge is -2.04. The van der Waals surface area contributed by atoms with Gasteiger partial charge in [0.05, 0.1) is 10.5 Å². The molecule has 1 aromatic heterocycles. The van der Waals surface area contributed by atoms with Crippen LogP contribution in [0.25, 0.3) is 10.9 Å². The fourth-order valence-corrected chi connectivity index (χ4v) is 2.68. The van der Waals surface area contributed by atoms with Crippen molar-refractivity contribution in [3.05, 3.63) is 34.0 Å². The number of benzene rings is 1. The molecule has 0 radical (unpaired) electrons. The number of aromatic nitrogens is 1. The van der Waals surface area contributed by atoms with Crippen LogP contribution in [0.15, 0.2) is 12.1 Å². The molecule has 0 bridgehead atoms. The third-order valence-corrected chi connectivity index (χ3v) is 3.79. The standard InChI is InChI=1S/C12H13ClN2/c1-6-2-3-7-10-8(14)4-5-9(10)15-12(7)11(6)13/h2-3,8,15H,4-5,14H2,1H3. The van der Waals surface area contributed by atoms with E-state index in [1.54, 1.807) is 0 Å². The lowest BCUT2D eigenvalue weighted by atomic mass is 10.1. The van der Waals surface area contributed by atoms with Crippen molar-refractivity contribution in [2.24, 2.45) is 5.73 Å². The largest absolute Gasteiger partial charge is 0.357 e. The Labute approximate surface area is 93.4 Å². The molecule has 3 N–H and O–H groups in total. The number of nitrogens with two attached hydrogens (primary N) is 1. The van der Waals surface area contributed by atoms with Crippen LogP contribution in [0, 0.1) is 6.92 Å². The highest BCUT2D eigenvalue weighted by Gasteiger charge is 2.24. The van der Waals surface area contributed by atoms with Crippen molar-refractivity contribution in [2.45, 2.75) is 25.8 Å². The molecule has 78 valence electrons. The summed E-state index contributed by atoms with van der Waals surface area (Å²) in [5.41, 5.74) is 10.8. The molecule has 0 amide bonds. The van der Waals surface area contributed by atoms with Gasteiger partial charge in [-0.2, -0.15) is 0 Å². The van der Waals surface area contributed by atoms with Crippen molar-refractivity contribution < 1.29 is 0 Å². The Morgan fingerprint density at radius 1 is 1.47 bits per heavy atom. The van der Waals surface area contributed by atoms with Crippen LogP contribution in [0.2, 0.25) is 5.02 Å². The Hall–Kier alpha value is -0.990. The third kappa shape index (κ3) is 1.15. The van der Waals surface area contributed by atoms with Crippen molar-refractivity contribution in [1.29, 1.82) is 0 Å². The van der Waals surface area contributed by atoms with Crippen LogP contribution < -0.4 is 5.73 Å². The van der Waals surface area contributed by atoms with E-state index in [2.05, 4.69) is 17.1 Å². The molecule has 1 aromatic carbocycles. The van der Waals surface area contributed by atoms with Gasteiger partial charge in [-0.3, -0.25) is 0 Å². The molecule has 0 saturated carbocycles. The lowest BCUT2D eigenvalue weighted by molar-refractivity contribution is 0.714. The fraction of sp³-hybridized carbons (Fsp3) is 0.333. The van der Waals surface area contributed by atoms with E-state index in [9.17, 15) is 0 Å². The molecule has 1 unspecified atom stereocenters. The predicted octanol–water partition coefficient (Wildman–Crippen LogP) is 3.08. The molecule has 15 heavy (non-hydrogen) atoms. The summed E-state index contributed by atoms with van der Waals surface area (Å²) in [6, 6.07) is 4.36. The zero-order chi connectivity index (χ0) is 10.6. The summed E-state index contributed by atoms with van der Waals surface area (Å²) in [4.78, 5) is 3.40. The van der Waals surface area contributed by atoms with Crippen molar-refractivity contribution in [1.82, 2.24) is 4.98 Å². The van der Waals surface area contributed by atoms with Gasteiger partial charge in [0.1, 0.15) is 0 Å². The first-order valence-electron chi connectivity index (χ1n) is 5.23. The Kier molecular flexibility index (Phi) is 1.85. The van der Waals surface area contributed by atoms with Crippen LogP contribution in [0.4, 0.5) is 0 Å². The molecule has 1 aliphatic carbocycles. The number of aryl methyl sites for hydroxylation is 2. The Morgan fingerprint density at radius 2 is 2.27 bits per heavy atom. The van der Waals surface area contributed by atoms with E-state index < -0.39 is 0 Å². The quantitative estimate of drug-likeness (QED) is 0.704. The minimum atomic E-state index is 0.174. The molecule has 2 nitrogen and oxygen atoms in total. The van der Waals surface area contributed by atoms with Crippen LogP contribution in [0.3, 0.4) is 0 Å². The summed E-state index contributed by atoms with van der Waals surface area (Å²) in [6.07, 6.45) is 2.09. The Morgan fingerprint density at radius 3 is 3.07 bits per heavy atom. The molecule has 3 heteroatoms. The van der Waals surface area contributed by atoms with Crippen molar-refractivity contribution in [3.8, 4) is 0 Å². The molecule has 0 aliphatic heterocycles. The Balaban J connectivity index is 2.40. The number of hydrogen-bond donors (Lipinski definition) is 2.